The van der Waals surface area contributed by atoms with Crippen LogP contribution in [0.4, 0.5) is 0 Å². The first kappa shape index (κ1) is 14.1. The Morgan fingerprint density at radius 2 is 2.00 bits per heavy atom. The van der Waals surface area contributed by atoms with E-state index in [0.29, 0.717) is 17.1 Å². The van der Waals surface area contributed by atoms with Gasteiger partial charge in [-0.1, -0.05) is 12.1 Å². The second kappa shape index (κ2) is 6.19. The average Bonchev–Trinajstić information content (AvgIpc) is 2.48. The Kier molecular flexibility index (Phi) is 4.35. The molecule has 0 N–H and O–H groups in total. The second-order valence-corrected chi connectivity index (χ2v) is 4.41. The van der Waals surface area contributed by atoms with Crippen molar-refractivity contribution in [2.45, 2.75) is 20.0 Å². The number of carbonyl (C=O) groups excluding carboxylic acids is 1. The molecule has 20 heavy (non-hydrogen) atoms. The normalized spacial score (nSPS) is 11.8. The Hall–Kier alpha value is -2.36. The minimum absolute atomic E-state index is 0.0629. The van der Waals surface area contributed by atoms with Gasteiger partial charge in [-0.15, -0.1) is 0 Å². The van der Waals surface area contributed by atoms with Crippen LogP contribution in [0.1, 0.15) is 36.0 Å². The molecule has 1 aromatic carbocycles. The first-order valence-electron chi connectivity index (χ1n) is 6.39. The highest BCUT2D eigenvalue weighted by Gasteiger charge is 2.18. The Balaban J connectivity index is 2.35. The molecule has 1 aromatic heterocycles. The van der Waals surface area contributed by atoms with Crippen LogP contribution >= 0.6 is 0 Å². The van der Waals surface area contributed by atoms with Gasteiger partial charge in [0.1, 0.15) is 6.10 Å². The molecule has 1 heterocycles. The van der Waals surface area contributed by atoms with Crippen LogP contribution in [0.2, 0.25) is 0 Å². The van der Waals surface area contributed by atoms with Crippen LogP contribution in [-0.4, -0.2) is 17.9 Å². The van der Waals surface area contributed by atoms with Crippen LogP contribution in [0.15, 0.2) is 42.6 Å². The van der Waals surface area contributed by atoms with Gasteiger partial charge in [0.2, 0.25) is 0 Å². The smallest absolute Gasteiger partial charge is 0.172 e. The number of para-hydroxylation sites is 1. The standard InChI is InChI=1S/C16H17NO3/c1-11(18)13-7-6-9-15(19-3)16(13)20-12(2)14-8-4-5-10-17-14/h4-10,12H,1-3H3. The van der Waals surface area contributed by atoms with E-state index in [0.717, 1.165) is 5.69 Å². The lowest BCUT2D eigenvalue weighted by molar-refractivity contribution is 0.100. The lowest BCUT2D eigenvalue weighted by Crippen LogP contribution is -2.09. The Morgan fingerprint density at radius 1 is 1.20 bits per heavy atom. The molecular formula is C16H17NO3. The molecule has 0 aliphatic rings. The fourth-order valence-electron chi connectivity index (χ4n) is 1.93. The summed E-state index contributed by atoms with van der Waals surface area (Å²) < 4.78 is 11.2. The molecule has 0 saturated heterocycles. The fourth-order valence-corrected chi connectivity index (χ4v) is 1.93. The van der Waals surface area contributed by atoms with Crippen LogP contribution in [0.25, 0.3) is 0 Å². The van der Waals surface area contributed by atoms with E-state index in [2.05, 4.69) is 4.98 Å². The SMILES string of the molecule is COc1cccc(C(C)=O)c1OC(C)c1ccccn1. The predicted molar refractivity (Wildman–Crippen MR) is 76.3 cm³/mol. The van der Waals surface area contributed by atoms with Crippen LogP contribution in [0.3, 0.4) is 0 Å². The van der Waals surface area contributed by atoms with Crippen molar-refractivity contribution in [2.75, 3.05) is 7.11 Å². The number of nitrogens with zero attached hydrogens (tertiary/aromatic N) is 1. The molecule has 0 radical (unpaired) electrons. The molecule has 0 aliphatic heterocycles. The minimum Gasteiger partial charge on any atom is -0.493 e. The number of rotatable bonds is 5. The van der Waals surface area contributed by atoms with E-state index < -0.39 is 0 Å². The highest BCUT2D eigenvalue weighted by molar-refractivity contribution is 5.97. The number of pyridine rings is 1. The maximum Gasteiger partial charge on any atom is 0.172 e. The van der Waals surface area contributed by atoms with E-state index in [9.17, 15) is 4.79 Å². The van der Waals surface area contributed by atoms with Gasteiger partial charge in [0, 0.05) is 6.20 Å². The summed E-state index contributed by atoms with van der Waals surface area (Å²) in [4.78, 5) is 16.0. The van der Waals surface area contributed by atoms with Gasteiger partial charge in [-0.25, -0.2) is 0 Å². The van der Waals surface area contributed by atoms with E-state index in [4.69, 9.17) is 9.47 Å². The monoisotopic (exact) mass is 271 g/mol. The number of Topliss-reactive ketones (excluding diaryl/α,β-unsaturated/α-hetero) is 1. The van der Waals surface area contributed by atoms with E-state index in [1.54, 1.807) is 31.5 Å². The number of carbonyl (C=O) groups is 1. The highest BCUT2D eigenvalue weighted by Crippen LogP contribution is 2.34. The molecule has 0 spiro atoms. The van der Waals surface area contributed by atoms with Crippen molar-refractivity contribution in [2.24, 2.45) is 0 Å². The predicted octanol–water partition coefficient (Wildman–Crippen LogP) is 3.43. The molecule has 2 aromatic rings. The Bertz CT molecular complexity index is 596. The summed E-state index contributed by atoms with van der Waals surface area (Å²) >= 11 is 0. The fraction of sp³-hybridized carbons (Fsp3) is 0.250. The third kappa shape index (κ3) is 2.96. The molecule has 1 unspecified atom stereocenters. The lowest BCUT2D eigenvalue weighted by Gasteiger charge is -2.18. The quantitative estimate of drug-likeness (QED) is 0.782. The van der Waals surface area contributed by atoms with Gasteiger partial charge in [0.05, 0.1) is 18.4 Å². The molecule has 2 rings (SSSR count). The van der Waals surface area contributed by atoms with E-state index in [1.165, 1.54) is 6.92 Å². The molecular weight excluding hydrogens is 254 g/mol. The summed E-state index contributed by atoms with van der Waals surface area (Å²) in [6, 6.07) is 10.9. The summed E-state index contributed by atoms with van der Waals surface area (Å²) in [7, 11) is 1.55. The molecule has 104 valence electrons. The number of methoxy groups -OCH3 is 1. The average molecular weight is 271 g/mol. The molecule has 0 saturated carbocycles. The number of ether oxygens (including phenoxy) is 2. The molecule has 0 aliphatic carbocycles. The molecule has 0 bridgehead atoms. The van der Waals surface area contributed by atoms with Crippen molar-refractivity contribution in [1.82, 2.24) is 4.98 Å². The maximum atomic E-state index is 11.7. The maximum absolute atomic E-state index is 11.7. The van der Waals surface area contributed by atoms with Crippen LogP contribution < -0.4 is 9.47 Å². The molecule has 4 heteroatoms. The van der Waals surface area contributed by atoms with Crippen LogP contribution in [0, 0.1) is 0 Å². The largest absolute Gasteiger partial charge is 0.493 e. The van der Waals surface area contributed by atoms with Gasteiger partial charge >= 0.3 is 0 Å². The van der Waals surface area contributed by atoms with Crippen molar-refractivity contribution in [3.8, 4) is 11.5 Å². The number of hydrogen-bond donors (Lipinski definition) is 0. The number of benzene rings is 1. The van der Waals surface area contributed by atoms with Gasteiger partial charge in [-0.05, 0) is 38.1 Å². The van der Waals surface area contributed by atoms with Gasteiger partial charge in [-0.3, -0.25) is 9.78 Å². The second-order valence-electron chi connectivity index (χ2n) is 4.41. The van der Waals surface area contributed by atoms with E-state index in [1.807, 2.05) is 25.1 Å². The van der Waals surface area contributed by atoms with Gasteiger partial charge in [0.25, 0.3) is 0 Å². The van der Waals surface area contributed by atoms with Gasteiger partial charge < -0.3 is 9.47 Å². The summed E-state index contributed by atoms with van der Waals surface area (Å²) in [5.41, 5.74) is 1.31. The van der Waals surface area contributed by atoms with Crippen molar-refractivity contribution in [3.05, 3.63) is 53.9 Å². The topological polar surface area (TPSA) is 48.4 Å². The van der Waals surface area contributed by atoms with Crippen LogP contribution in [0.5, 0.6) is 11.5 Å². The summed E-state index contributed by atoms with van der Waals surface area (Å²) in [6.07, 6.45) is 1.44. The number of ketones is 1. The van der Waals surface area contributed by atoms with Gasteiger partial charge in [0.15, 0.2) is 17.3 Å². The molecule has 0 amide bonds. The zero-order valence-electron chi connectivity index (χ0n) is 11.8. The highest BCUT2D eigenvalue weighted by atomic mass is 16.5. The first-order valence-corrected chi connectivity index (χ1v) is 6.39. The number of aromatic nitrogens is 1. The summed E-state index contributed by atoms with van der Waals surface area (Å²) in [5.74, 6) is 0.938. The Morgan fingerprint density at radius 3 is 2.60 bits per heavy atom. The zero-order chi connectivity index (χ0) is 14.5. The Labute approximate surface area is 118 Å². The zero-order valence-corrected chi connectivity index (χ0v) is 11.8. The van der Waals surface area contributed by atoms with Gasteiger partial charge in [-0.2, -0.15) is 0 Å². The molecule has 0 fully saturated rings. The first-order chi connectivity index (χ1) is 9.63. The number of hydrogen-bond acceptors (Lipinski definition) is 4. The molecule has 1 atom stereocenters. The lowest BCUT2D eigenvalue weighted by atomic mass is 10.1. The van der Waals surface area contributed by atoms with E-state index >= 15 is 0 Å². The third-order valence-corrected chi connectivity index (χ3v) is 2.98. The molecule has 4 nitrogen and oxygen atoms in total. The summed E-state index contributed by atoms with van der Waals surface area (Å²) in [6.45, 7) is 3.39. The van der Waals surface area contributed by atoms with Crippen molar-refractivity contribution < 1.29 is 14.3 Å². The van der Waals surface area contributed by atoms with E-state index in [-0.39, 0.29) is 11.9 Å². The third-order valence-electron chi connectivity index (χ3n) is 2.98. The van der Waals surface area contributed by atoms with Crippen molar-refractivity contribution in [1.29, 1.82) is 0 Å². The van der Waals surface area contributed by atoms with Crippen LogP contribution in [-0.2, 0) is 0 Å². The van der Waals surface area contributed by atoms with Crippen molar-refractivity contribution >= 4 is 5.78 Å². The van der Waals surface area contributed by atoms with Crippen molar-refractivity contribution in [3.63, 3.8) is 0 Å². The summed E-state index contributed by atoms with van der Waals surface area (Å²) in [5, 5.41) is 0. The minimum atomic E-state index is -0.273.